The van der Waals surface area contributed by atoms with Crippen molar-refractivity contribution in [3.8, 4) is 0 Å². The van der Waals surface area contributed by atoms with E-state index in [1.54, 1.807) is 0 Å². The van der Waals surface area contributed by atoms with E-state index in [1.165, 1.54) is 7.14 Å². The maximum atomic E-state index is 5.99. The zero-order chi connectivity index (χ0) is 14.5. The van der Waals surface area contributed by atoms with Gasteiger partial charge in [0.25, 0.3) is 0 Å². The fourth-order valence-electron chi connectivity index (χ4n) is 1.72. The van der Waals surface area contributed by atoms with Crippen LogP contribution in [0.2, 0.25) is 0 Å². The van der Waals surface area contributed by atoms with E-state index >= 15 is 0 Å². The fraction of sp³-hybridized carbons (Fsp3) is 0.500. The van der Waals surface area contributed by atoms with E-state index in [1.807, 2.05) is 20.8 Å². The van der Waals surface area contributed by atoms with Crippen LogP contribution >= 0.6 is 67.8 Å². The third-order valence-electron chi connectivity index (χ3n) is 2.35. The van der Waals surface area contributed by atoms with Crippen LogP contribution < -0.4 is 5.19 Å². The Kier molecular flexibility index (Phi) is 8.62. The van der Waals surface area contributed by atoms with Gasteiger partial charge in [0.2, 0.25) is 0 Å². The Morgan fingerprint density at radius 1 is 0.842 bits per heavy atom. The van der Waals surface area contributed by atoms with Gasteiger partial charge >= 0.3 is 8.80 Å². The molecule has 0 saturated heterocycles. The Morgan fingerprint density at radius 2 is 1.26 bits per heavy atom. The molecule has 0 radical (unpaired) electrons. The summed E-state index contributed by atoms with van der Waals surface area (Å²) in [4.78, 5) is 0. The molecule has 1 rings (SSSR count). The SMILES string of the molecule is CCO[Si](OCC)(OCC)c1c(I)ccc(I)c1I. The highest BCUT2D eigenvalue weighted by Gasteiger charge is 2.46. The molecule has 0 aliphatic heterocycles. The first-order chi connectivity index (χ1) is 9.02. The molecular weight excluding hydrogens is 601 g/mol. The molecule has 0 aromatic heterocycles. The summed E-state index contributed by atoms with van der Waals surface area (Å²) in [5, 5.41) is 1.10. The predicted octanol–water partition coefficient (Wildman–Crippen LogP) is 3.76. The second-order valence-electron chi connectivity index (χ2n) is 3.57. The molecule has 0 aliphatic carbocycles. The molecule has 19 heavy (non-hydrogen) atoms. The summed E-state index contributed by atoms with van der Waals surface area (Å²) in [5.74, 6) is 0. The standard InChI is InChI=1S/C12H17I3O3Si/c1-4-16-19(17-5-2,18-6-3)12-10(14)8-7-9(13)11(12)15/h7-8H,4-6H2,1-3H3. The molecule has 0 saturated carbocycles. The Balaban J connectivity index is 3.41. The minimum atomic E-state index is -2.81. The average Bonchev–Trinajstić information content (AvgIpc) is 2.35. The molecule has 0 amide bonds. The quantitative estimate of drug-likeness (QED) is 0.265. The minimum absolute atomic E-state index is 0.587. The van der Waals surface area contributed by atoms with Gasteiger partial charge in [0.15, 0.2) is 0 Å². The number of halogens is 3. The van der Waals surface area contributed by atoms with Crippen LogP contribution in [0, 0.1) is 10.7 Å². The molecule has 0 heterocycles. The Bertz CT molecular complexity index is 412. The van der Waals surface area contributed by atoms with Gasteiger partial charge in [-0.1, -0.05) is 0 Å². The molecule has 3 nitrogen and oxygen atoms in total. The fourth-order valence-corrected chi connectivity index (χ4v) is 8.44. The lowest BCUT2D eigenvalue weighted by molar-refractivity contribution is 0.0855. The topological polar surface area (TPSA) is 27.7 Å². The van der Waals surface area contributed by atoms with Crippen molar-refractivity contribution in [2.45, 2.75) is 20.8 Å². The highest BCUT2D eigenvalue weighted by atomic mass is 127. The average molecular weight is 618 g/mol. The van der Waals surface area contributed by atoms with Crippen LogP contribution in [-0.4, -0.2) is 28.6 Å². The van der Waals surface area contributed by atoms with E-state index in [9.17, 15) is 0 Å². The first-order valence-corrected chi connectivity index (χ1v) is 11.0. The lowest BCUT2D eigenvalue weighted by Crippen LogP contribution is -2.59. The number of benzene rings is 1. The third kappa shape index (κ3) is 4.49. The molecule has 0 fully saturated rings. The highest BCUT2D eigenvalue weighted by molar-refractivity contribution is 14.1. The Labute approximate surface area is 156 Å². The van der Waals surface area contributed by atoms with Gasteiger partial charge in [0, 0.05) is 30.5 Å². The van der Waals surface area contributed by atoms with E-state index in [0.717, 1.165) is 8.76 Å². The predicted molar refractivity (Wildman–Crippen MR) is 105 cm³/mol. The van der Waals surface area contributed by atoms with E-state index in [-0.39, 0.29) is 0 Å². The van der Waals surface area contributed by atoms with E-state index in [4.69, 9.17) is 13.3 Å². The first-order valence-electron chi connectivity index (χ1n) is 6.08. The molecule has 0 bridgehead atoms. The van der Waals surface area contributed by atoms with Gasteiger partial charge in [-0.05, 0) is 101 Å². The summed E-state index contributed by atoms with van der Waals surface area (Å²) in [6.45, 7) is 7.70. The van der Waals surface area contributed by atoms with Crippen molar-refractivity contribution < 1.29 is 13.3 Å². The Hall–Kier alpha value is 1.51. The largest absolute Gasteiger partial charge is 0.539 e. The molecule has 0 atom stereocenters. The number of hydrogen-bond acceptors (Lipinski definition) is 3. The number of rotatable bonds is 7. The molecule has 0 aliphatic rings. The molecule has 108 valence electrons. The molecule has 0 spiro atoms. The van der Waals surface area contributed by atoms with Crippen molar-refractivity contribution in [2.24, 2.45) is 0 Å². The van der Waals surface area contributed by atoms with Crippen LogP contribution in [-0.2, 0) is 13.3 Å². The van der Waals surface area contributed by atoms with E-state index in [2.05, 4.69) is 79.9 Å². The van der Waals surface area contributed by atoms with Crippen LogP contribution in [0.3, 0.4) is 0 Å². The van der Waals surface area contributed by atoms with Crippen LogP contribution in [0.25, 0.3) is 0 Å². The minimum Gasteiger partial charge on any atom is -0.370 e. The zero-order valence-corrected chi connectivity index (χ0v) is 18.6. The summed E-state index contributed by atoms with van der Waals surface area (Å²) in [5.41, 5.74) is 0. The van der Waals surface area contributed by atoms with Gasteiger partial charge < -0.3 is 13.3 Å². The summed E-state index contributed by atoms with van der Waals surface area (Å²) >= 11 is 7.03. The maximum Gasteiger partial charge on any atom is 0.539 e. The second-order valence-corrected chi connectivity index (χ2v) is 9.45. The maximum absolute atomic E-state index is 5.99. The van der Waals surface area contributed by atoms with Crippen LogP contribution in [0.15, 0.2) is 12.1 Å². The van der Waals surface area contributed by atoms with Crippen molar-refractivity contribution in [3.05, 3.63) is 22.8 Å². The molecule has 0 N–H and O–H groups in total. The van der Waals surface area contributed by atoms with Gasteiger partial charge in [0.05, 0.1) is 5.19 Å². The molecule has 0 unspecified atom stereocenters. The third-order valence-corrected chi connectivity index (χ3v) is 10.5. The van der Waals surface area contributed by atoms with Crippen molar-refractivity contribution in [2.75, 3.05) is 19.8 Å². The van der Waals surface area contributed by atoms with Crippen molar-refractivity contribution in [3.63, 3.8) is 0 Å². The van der Waals surface area contributed by atoms with Crippen LogP contribution in [0.5, 0.6) is 0 Å². The van der Waals surface area contributed by atoms with Gasteiger partial charge in [-0.15, -0.1) is 0 Å². The smallest absolute Gasteiger partial charge is 0.370 e. The van der Waals surface area contributed by atoms with Gasteiger partial charge in [-0.3, -0.25) is 0 Å². The van der Waals surface area contributed by atoms with Crippen molar-refractivity contribution in [1.82, 2.24) is 0 Å². The van der Waals surface area contributed by atoms with Crippen LogP contribution in [0.1, 0.15) is 20.8 Å². The Morgan fingerprint density at radius 3 is 1.68 bits per heavy atom. The monoisotopic (exact) mass is 618 g/mol. The summed E-state index contributed by atoms with van der Waals surface area (Å²) in [7, 11) is -2.81. The molecule has 7 heteroatoms. The van der Waals surface area contributed by atoms with Crippen molar-refractivity contribution >= 4 is 81.8 Å². The second kappa shape index (κ2) is 8.83. The molecule has 1 aromatic carbocycles. The van der Waals surface area contributed by atoms with E-state index in [0.29, 0.717) is 19.8 Å². The summed E-state index contributed by atoms with van der Waals surface area (Å²) in [6, 6.07) is 4.20. The van der Waals surface area contributed by atoms with E-state index < -0.39 is 8.80 Å². The van der Waals surface area contributed by atoms with Gasteiger partial charge in [-0.2, -0.15) is 0 Å². The number of hydrogen-bond donors (Lipinski definition) is 0. The summed E-state index contributed by atoms with van der Waals surface area (Å²) < 4.78 is 21.5. The van der Waals surface area contributed by atoms with Crippen molar-refractivity contribution in [1.29, 1.82) is 0 Å². The zero-order valence-electron chi connectivity index (χ0n) is 11.1. The van der Waals surface area contributed by atoms with Crippen LogP contribution in [0.4, 0.5) is 0 Å². The lowest BCUT2D eigenvalue weighted by Gasteiger charge is -2.30. The highest BCUT2D eigenvalue weighted by Crippen LogP contribution is 2.22. The normalized spacial score (nSPS) is 11.9. The van der Waals surface area contributed by atoms with Gasteiger partial charge in [0.1, 0.15) is 0 Å². The lowest BCUT2D eigenvalue weighted by atomic mass is 10.4. The van der Waals surface area contributed by atoms with Gasteiger partial charge in [-0.25, -0.2) is 0 Å². The molecular formula is C12H17I3O3Si. The summed E-state index contributed by atoms with van der Waals surface area (Å²) in [6.07, 6.45) is 0. The first kappa shape index (κ1) is 18.6. The molecule has 1 aromatic rings.